The zero-order valence-electron chi connectivity index (χ0n) is 19.0. The van der Waals surface area contributed by atoms with Crippen LogP contribution in [0.2, 0.25) is 0 Å². The molecule has 1 aromatic rings. The number of benzene rings is 1. The molecule has 4 unspecified atom stereocenters. The summed E-state index contributed by atoms with van der Waals surface area (Å²) in [6.45, 7) is 13.1. The Morgan fingerprint density at radius 1 is 0.967 bits per heavy atom. The lowest BCUT2D eigenvalue weighted by atomic mass is 9.42. The Balaban J connectivity index is 2.02. The summed E-state index contributed by atoms with van der Waals surface area (Å²) in [6.07, 6.45) is 1.48. The van der Waals surface area contributed by atoms with Crippen molar-refractivity contribution in [3.8, 4) is 0 Å². The van der Waals surface area contributed by atoms with Gasteiger partial charge in [0.25, 0.3) is 0 Å². The van der Waals surface area contributed by atoms with Gasteiger partial charge in [-0.05, 0) is 69.6 Å². The summed E-state index contributed by atoms with van der Waals surface area (Å²) in [4.78, 5) is 52.5. The van der Waals surface area contributed by atoms with Gasteiger partial charge in [0.05, 0.1) is 5.41 Å². The van der Waals surface area contributed by atoms with Crippen molar-refractivity contribution in [3.05, 3.63) is 45.5 Å². The lowest BCUT2D eigenvalue weighted by Gasteiger charge is -2.59. The Morgan fingerprint density at radius 3 is 2.17 bits per heavy atom. The predicted octanol–water partition coefficient (Wildman–Crippen LogP) is 4.53. The van der Waals surface area contributed by atoms with Crippen LogP contribution in [0.4, 0.5) is 0 Å². The van der Waals surface area contributed by atoms with E-state index in [2.05, 4.69) is 13.0 Å². The monoisotopic (exact) mass is 406 g/mol. The third-order valence-electron chi connectivity index (χ3n) is 8.54. The molecule has 0 spiro atoms. The van der Waals surface area contributed by atoms with E-state index in [9.17, 15) is 19.2 Å². The minimum absolute atomic E-state index is 0.00444. The van der Waals surface area contributed by atoms with E-state index in [4.69, 9.17) is 0 Å². The summed E-state index contributed by atoms with van der Waals surface area (Å²) in [7, 11) is 0. The van der Waals surface area contributed by atoms with E-state index in [0.717, 1.165) is 34.2 Å². The van der Waals surface area contributed by atoms with Crippen molar-refractivity contribution >= 4 is 23.1 Å². The van der Waals surface area contributed by atoms with Gasteiger partial charge in [-0.2, -0.15) is 0 Å². The maximum atomic E-state index is 13.8. The van der Waals surface area contributed by atoms with Crippen molar-refractivity contribution in [2.75, 3.05) is 0 Å². The molecule has 4 atom stereocenters. The average Bonchev–Trinajstić information content (AvgIpc) is 2.60. The minimum Gasteiger partial charge on any atom is -0.299 e. The van der Waals surface area contributed by atoms with Gasteiger partial charge in [0.15, 0.2) is 17.3 Å². The van der Waals surface area contributed by atoms with Gasteiger partial charge >= 0.3 is 0 Å². The molecule has 1 aromatic carbocycles. The van der Waals surface area contributed by atoms with Gasteiger partial charge in [-0.1, -0.05) is 31.6 Å². The van der Waals surface area contributed by atoms with Crippen molar-refractivity contribution in [3.63, 3.8) is 0 Å². The molecule has 0 heterocycles. The highest BCUT2D eigenvalue weighted by atomic mass is 16.2. The lowest BCUT2D eigenvalue weighted by molar-refractivity contribution is -0.157. The number of hydrogen-bond acceptors (Lipinski definition) is 4. The number of allylic oxidation sites excluding steroid dienone is 2. The topological polar surface area (TPSA) is 68.3 Å². The van der Waals surface area contributed by atoms with Crippen LogP contribution in [-0.4, -0.2) is 23.1 Å². The second kappa shape index (κ2) is 6.09. The number of hydrogen-bond donors (Lipinski definition) is 0. The van der Waals surface area contributed by atoms with E-state index in [1.807, 2.05) is 40.7 Å². The predicted molar refractivity (Wildman–Crippen MR) is 114 cm³/mol. The zero-order valence-corrected chi connectivity index (χ0v) is 19.0. The van der Waals surface area contributed by atoms with E-state index in [1.165, 1.54) is 6.92 Å². The van der Waals surface area contributed by atoms with Gasteiger partial charge in [0.2, 0.25) is 0 Å². The molecule has 0 saturated heterocycles. The number of rotatable bonds is 1. The lowest BCUT2D eigenvalue weighted by Crippen LogP contribution is -2.61. The normalized spacial score (nSPS) is 35.7. The van der Waals surface area contributed by atoms with Crippen molar-refractivity contribution in [1.82, 2.24) is 0 Å². The SMILES string of the molecule is CC(=O)C1C(=O)CC2(C)CC3(C)Cc4c(C)ccc(C)c4C(=O)C3=C(C)C2(C)C1=O. The molecule has 0 aliphatic heterocycles. The van der Waals surface area contributed by atoms with Crippen LogP contribution in [0.5, 0.6) is 0 Å². The molecular weight excluding hydrogens is 376 g/mol. The van der Waals surface area contributed by atoms with E-state index < -0.39 is 27.9 Å². The Hall–Kier alpha value is -2.36. The fourth-order valence-electron chi connectivity index (χ4n) is 6.86. The smallest absolute Gasteiger partial charge is 0.190 e. The summed E-state index contributed by atoms with van der Waals surface area (Å²) < 4.78 is 0. The van der Waals surface area contributed by atoms with Crippen LogP contribution in [0.25, 0.3) is 0 Å². The van der Waals surface area contributed by atoms with Crippen molar-refractivity contribution in [2.45, 2.75) is 67.7 Å². The highest BCUT2D eigenvalue weighted by Crippen LogP contribution is 2.65. The molecule has 4 heteroatoms. The number of fused-ring (bicyclic) bond motifs is 3. The molecule has 0 aromatic heterocycles. The van der Waals surface area contributed by atoms with E-state index in [-0.39, 0.29) is 23.8 Å². The molecule has 30 heavy (non-hydrogen) atoms. The summed E-state index contributed by atoms with van der Waals surface area (Å²) in [6, 6.07) is 4.04. The molecule has 1 fully saturated rings. The van der Waals surface area contributed by atoms with Gasteiger partial charge in [-0.25, -0.2) is 0 Å². The molecule has 0 amide bonds. The molecule has 1 saturated carbocycles. The van der Waals surface area contributed by atoms with Crippen LogP contribution in [0, 0.1) is 36.0 Å². The maximum absolute atomic E-state index is 13.8. The van der Waals surface area contributed by atoms with Gasteiger partial charge in [-0.3, -0.25) is 19.2 Å². The summed E-state index contributed by atoms with van der Waals surface area (Å²) >= 11 is 0. The van der Waals surface area contributed by atoms with Crippen molar-refractivity contribution in [1.29, 1.82) is 0 Å². The van der Waals surface area contributed by atoms with Crippen LogP contribution in [0.1, 0.15) is 74.5 Å². The number of aryl methyl sites for hydroxylation is 2. The minimum atomic E-state index is -1.21. The third kappa shape index (κ3) is 2.34. The zero-order chi connectivity index (χ0) is 22.4. The van der Waals surface area contributed by atoms with Crippen LogP contribution >= 0.6 is 0 Å². The first-order valence-electron chi connectivity index (χ1n) is 10.7. The molecule has 4 nitrogen and oxygen atoms in total. The Labute approximate surface area is 178 Å². The second-order valence-electron chi connectivity index (χ2n) is 10.5. The Bertz CT molecular complexity index is 1090. The number of Topliss-reactive ketones (excluding diaryl/α,β-unsaturated/α-hetero) is 4. The van der Waals surface area contributed by atoms with Crippen molar-refractivity contribution in [2.24, 2.45) is 22.2 Å². The maximum Gasteiger partial charge on any atom is 0.190 e. The van der Waals surface area contributed by atoms with E-state index >= 15 is 0 Å². The van der Waals surface area contributed by atoms with Crippen LogP contribution in [0.15, 0.2) is 23.3 Å². The first-order valence-corrected chi connectivity index (χ1v) is 10.7. The van der Waals surface area contributed by atoms with E-state index in [0.29, 0.717) is 12.0 Å². The van der Waals surface area contributed by atoms with Crippen LogP contribution in [-0.2, 0) is 20.8 Å². The number of ketones is 4. The quantitative estimate of drug-likeness (QED) is 0.643. The van der Waals surface area contributed by atoms with Gasteiger partial charge in [-0.15, -0.1) is 0 Å². The fourth-order valence-corrected chi connectivity index (χ4v) is 6.86. The second-order valence-corrected chi connectivity index (χ2v) is 10.5. The number of carbonyl (C=O) groups is 4. The summed E-state index contributed by atoms with van der Waals surface area (Å²) in [5.74, 6) is -2.21. The highest BCUT2D eigenvalue weighted by molar-refractivity contribution is 6.23. The molecular formula is C26H30O4. The first-order chi connectivity index (χ1) is 13.8. The Kier molecular flexibility index (Phi) is 4.24. The number of carbonyl (C=O) groups excluding carboxylic acids is 4. The summed E-state index contributed by atoms with van der Waals surface area (Å²) in [5, 5.41) is 0. The molecule has 158 valence electrons. The molecule has 0 bridgehead atoms. The molecule has 4 rings (SSSR count). The van der Waals surface area contributed by atoms with Gasteiger partial charge < -0.3 is 0 Å². The standard InChI is InChI=1S/C26H30O4/c1-13-8-9-14(2)19-17(13)10-24(5)12-25(6)11-18(28)20(16(4)27)23(30)26(25,7)15(3)21(24)22(19)29/h8-9,20H,10-12H2,1-7H3. The molecule has 0 N–H and O–H groups in total. The molecule has 3 aliphatic carbocycles. The third-order valence-corrected chi connectivity index (χ3v) is 8.54. The summed E-state index contributed by atoms with van der Waals surface area (Å²) in [5.41, 5.74) is 3.30. The van der Waals surface area contributed by atoms with Crippen LogP contribution < -0.4 is 0 Å². The van der Waals surface area contributed by atoms with E-state index in [1.54, 1.807) is 0 Å². The highest BCUT2D eigenvalue weighted by Gasteiger charge is 2.65. The largest absolute Gasteiger partial charge is 0.299 e. The molecule has 3 aliphatic rings. The Morgan fingerprint density at radius 2 is 1.57 bits per heavy atom. The molecule has 0 radical (unpaired) electrons. The first kappa shape index (κ1) is 20.9. The van der Waals surface area contributed by atoms with Crippen molar-refractivity contribution < 1.29 is 19.2 Å². The fraction of sp³-hybridized carbons (Fsp3) is 0.538. The van der Waals surface area contributed by atoms with Gasteiger partial charge in [0, 0.05) is 23.0 Å². The van der Waals surface area contributed by atoms with Crippen LogP contribution in [0.3, 0.4) is 0 Å². The van der Waals surface area contributed by atoms with Gasteiger partial charge in [0.1, 0.15) is 11.7 Å². The average molecular weight is 407 g/mol.